The number of nitrogens with zero attached hydrogens (tertiary/aromatic N) is 4. The Labute approximate surface area is 164 Å². The summed E-state index contributed by atoms with van der Waals surface area (Å²) in [7, 11) is -3.10. The van der Waals surface area contributed by atoms with Gasteiger partial charge in [0.25, 0.3) is 5.91 Å². The molecule has 2 fully saturated rings. The zero-order chi connectivity index (χ0) is 19.6. The van der Waals surface area contributed by atoms with Crippen molar-refractivity contribution in [1.82, 2.24) is 0 Å². The summed E-state index contributed by atoms with van der Waals surface area (Å²) in [5.74, 6) is -0.372. The van der Waals surface area contributed by atoms with Crippen molar-refractivity contribution in [3.8, 4) is 6.07 Å². The van der Waals surface area contributed by atoms with E-state index in [4.69, 9.17) is 5.26 Å². The number of nitriles is 1. The Kier molecular flexibility index (Phi) is 5.77. The quantitative estimate of drug-likeness (QED) is 0.739. The van der Waals surface area contributed by atoms with Crippen molar-refractivity contribution in [1.29, 1.82) is 5.26 Å². The van der Waals surface area contributed by atoms with Crippen LogP contribution in [0.2, 0.25) is 0 Å². The first kappa shape index (κ1) is 19.7. The van der Waals surface area contributed by atoms with E-state index in [1.165, 1.54) is 11.8 Å². The predicted molar refractivity (Wildman–Crippen MR) is 109 cm³/mol. The Hall–Kier alpha value is -2.05. The van der Waals surface area contributed by atoms with Gasteiger partial charge in [-0.1, -0.05) is 11.8 Å². The largest absolute Gasteiger partial charge is 0.372 e. The molecule has 0 N–H and O–H groups in total. The molecule has 3 rings (SSSR count). The first-order valence-corrected chi connectivity index (χ1v) is 11.6. The molecule has 0 spiro atoms. The van der Waals surface area contributed by atoms with Crippen LogP contribution in [0.4, 0.5) is 11.4 Å². The molecule has 144 valence electrons. The van der Waals surface area contributed by atoms with Crippen LogP contribution in [0, 0.1) is 11.3 Å². The van der Waals surface area contributed by atoms with E-state index < -0.39 is 15.7 Å². The number of hydrogen-bond acceptors (Lipinski definition) is 6. The second kappa shape index (κ2) is 7.90. The highest BCUT2D eigenvalue weighted by Crippen LogP contribution is 2.41. The van der Waals surface area contributed by atoms with E-state index in [2.05, 4.69) is 23.7 Å². The Balaban J connectivity index is 1.95. The topological polar surface area (TPSA) is 93.8 Å². The molecule has 1 aromatic carbocycles. The molecule has 0 aromatic heterocycles. The van der Waals surface area contributed by atoms with Gasteiger partial charge in [-0.3, -0.25) is 4.79 Å². The lowest BCUT2D eigenvalue weighted by Crippen LogP contribution is -2.37. The van der Waals surface area contributed by atoms with E-state index in [-0.39, 0.29) is 29.2 Å². The van der Waals surface area contributed by atoms with Gasteiger partial charge in [-0.25, -0.2) is 8.42 Å². The number of rotatable bonds is 5. The minimum absolute atomic E-state index is 0.0495. The summed E-state index contributed by atoms with van der Waals surface area (Å²) >= 11 is 1.32. The summed E-state index contributed by atoms with van der Waals surface area (Å²) in [5.41, 5.74) is 1.90. The number of amidine groups is 1. The first-order valence-electron chi connectivity index (χ1n) is 8.88. The normalized spacial score (nSPS) is 24.6. The van der Waals surface area contributed by atoms with E-state index in [0.29, 0.717) is 5.17 Å². The fraction of sp³-hybridized carbons (Fsp3) is 0.500. The van der Waals surface area contributed by atoms with Crippen LogP contribution in [0.5, 0.6) is 0 Å². The number of sulfone groups is 1. The Bertz CT molecular complexity index is 886. The van der Waals surface area contributed by atoms with Gasteiger partial charge in [-0.05, 0) is 38.1 Å². The van der Waals surface area contributed by atoms with E-state index in [0.717, 1.165) is 24.5 Å². The lowest BCUT2D eigenvalue weighted by molar-refractivity contribution is -0.116. The summed E-state index contributed by atoms with van der Waals surface area (Å²) in [6, 6.07) is 9.43. The van der Waals surface area contributed by atoms with E-state index in [1.807, 2.05) is 29.2 Å². The molecule has 2 aliphatic heterocycles. The number of carbonyl (C=O) groups is 1. The minimum Gasteiger partial charge on any atom is -0.372 e. The highest BCUT2D eigenvalue weighted by molar-refractivity contribution is 8.16. The van der Waals surface area contributed by atoms with Crippen LogP contribution in [0.1, 0.15) is 20.3 Å². The van der Waals surface area contributed by atoms with Crippen molar-refractivity contribution in [2.24, 2.45) is 4.99 Å². The van der Waals surface area contributed by atoms with Crippen LogP contribution in [-0.2, 0) is 14.6 Å². The molecule has 2 saturated heterocycles. The lowest BCUT2D eigenvalue weighted by Gasteiger charge is -2.26. The SMILES string of the molecule is CCN(CC)c1ccc(N2C(=NC(=O)CC#N)SC3CS(=O)(=O)CC32)cc1. The van der Waals surface area contributed by atoms with Crippen LogP contribution in [0.15, 0.2) is 29.3 Å². The summed E-state index contributed by atoms with van der Waals surface area (Å²) in [5, 5.41) is 9.04. The molecule has 0 aliphatic carbocycles. The zero-order valence-corrected chi connectivity index (χ0v) is 17.0. The third-order valence-electron chi connectivity index (χ3n) is 4.77. The van der Waals surface area contributed by atoms with Crippen molar-refractivity contribution < 1.29 is 13.2 Å². The predicted octanol–water partition coefficient (Wildman–Crippen LogP) is 2.05. The third kappa shape index (κ3) is 4.12. The standard InChI is InChI=1S/C18H22N4O3S2/c1-3-21(4-2)13-5-7-14(8-6-13)22-15-11-27(24,25)12-16(15)26-18(22)20-17(23)9-10-19/h5-8,15-16H,3-4,9,11-12H2,1-2H3. The number of thioether (sulfide) groups is 1. The molecule has 0 bridgehead atoms. The van der Waals surface area contributed by atoms with Gasteiger partial charge in [0.1, 0.15) is 6.42 Å². The van der Waals surface area contributed by atoms with Gasteiger partial charge in [0.05, 0.1) is 23.6 Å². The molecule has 2 heterocycles. The number of amides is 1. The van der Waals surface area contributed by atoms with E-state index in [1.54, 1.807) is 6.07 Å². The first-order chi connectivity index (χ1) is 12.9. The highest BCUT2D eigenvalue weighted by Gasteiger charge is 2.49. The molecule has 2 unspecified atom stereocenters. The monoisotopic (exact) mass is 406 g/mol. The van der Waals surface area contributed by atoms with Crippen molar-refractivity contribution >= 4 is 44.0 Å². The minimum atomic E-state index is -3.10. The summed E-state index contributed by atoms with van der Waals surface area (Å²) < 4.78 is 24.2. The highest BCUT2D eigenvalue weighted by atomic mass is 32.2. The van der Waals surface area contributed by atoms with Gasteiger partial charge in [0.15, 0.2) is 15.0 Å². The fourth-order valence-corrected chi connectivity index (χ4v) is 7.42. The number of hydrogen-bond donors (Lipinski definition) is 0. The number of benzene rings is 1. The molecule has 7 nitrogen and oxygen atoms in total. The third-order valence-corrected chi connectivity index (χ3v) is 7.98. The lowest BCUT2D eigenvalue weighted by atomic mass is 10.2. The van der Waals surface area contributed by atoms with Crippen LogP contribution < -0.4 is 9.80 Å². The fourth-order valence-electron chi connectivity index (χ4n) is 3.49. The molecule has 1 amide bonds. The van der Waals surface area contributed by atoms with Crippen LogP contribution in [0.3, 0.4) is 0 Å². The van der Waals surface area contributed by atoms with Crippen molar-refractivity contribution in [3.05, 3.63) is 24.3 Å². The van der Waals surface area contributed by atoms with Crippen molar-refractivity contribution in [2.75, 3.05) is 34.4 Å². The van der Waals surface area contributed by atoms with Crippen LogP contribution >= 0.6 is 11.8 Å². The summed E-state index contributed by atoms with van der Waals surface area (Å²) in [4.78, 5) is 20.0. The number of aliphatic imine (C=N–C) groups is 1. The summed E-state index contributed by atoms with van der Waals surface area (Å²) in [6.07, 6.45) is -0.285. The molecule has 2 aliphatic rings. The molecular formula is C18H22N4O3S2. The van der Waals surface area contributed by atoms with E-state index >= 15 is 0 Å². The Morgan fingerprint density at radius 2 is 1.96 bits per heavy atom. The number of carbonyl (C=O) groups excluding carboxylic acids is 1. The van der Waals surface area contributed by atoms with Gasteiger partial charge in [-0.2, -0.15) is 10.3 Å². The van der Waals surface area contributed by atoms with E-state index in [9.17, 15) is 13.2 Å². The average Bonchev–Trinajstić information content (AvgIpc) is 3.07. The molecule has 1 aromatic rings. The second-order valence-electron chi connectivity index (χ2n) is 6.48. The van der Waals surface area contributed by atoms with Crippen molar-refractivity contribution in [2.45, 2.75) is 31.6 Å². The smallest absolute Gasteiger partial charge is 0.262 e. The average molecular weight is 407 g/mol. The maximum atomic E-state index is 12.1. The van der Waals surface area contributed by atoms with Crippen molar-refractivity contribution in [3.63, 3.8) is 0 Å². The maximum absolute atomic E-state index is 12.1. The molecular weight excluding hydrogens is 384 g/mol. The van der Waals surface area contributed by atoms with Gasteiger partial charge in [0.2, 0.25) is 0 Å². The van der Waals surface area contributed by atoms with Crippen LogP contribution in [-0.4, -0.2) is 55.4 Å². The molecule has 2 atom stereocenters. The maximum Gasteiger partial charge on any atom is 0.262 e. The van der Waals surface area contributed by atoms with Gasteiger partial charge in [-0.15, -0.1) is 0 Å². The Morgan fingerprint density at radius 1 is 1.30 bits per heavy atom. The molecule has 27 heavy (non-hydrogen) atoms. The molecule has 9 heteroatoms. The number of anilines is 2. The summed E-state index contributed by atoms with van der Waals surface area (Å²) in [6.45, 7) is 5.98. The zero-order valence-electron chi connectivity index (χ0n) is 15.3. The van der Waals surface area contributed by atoms with Gasteiger partial charge < -0.3 is 9.80 Å². The number of fused-ring (bicyclic) bond motifs is 1. The second-order valence-corrected chi connectivity index (χ2v) is 9.84. The molecule has 0 saturated carbocycles. The van der Waals surface area contributed by atoms with Gasteiger partial charge in [0, 0.05) is 29.7 Å². The molecule has 0 radical (unpaired) electrons. The van der Waals surface area contributed by atoms with Gasteiger partial charge >= 0.3 is 0 Å². The van der Waals surface area contributed by atoms with Crippen LogP contribution in [0.25, 0.3) is 0 Å². The Morgan fingerprint density at radius 3 is 2.56 bits per heavy atom.